The molecule has 0 amide bonds. The van der Waals surface area contributed by atoms with Gasteiger partial charge in [0.15, 0.2) is 0 Å². The van der Waals surface area contributed by atoms with E-state index < -0.39 is 0 Å². The molecule has 82 valence electrons. The van der Waals surface area contributed by atoms with Gasteiger partial charge in [0.1, 0.15) is 17.2 Å². The molecule has 0 spiro atoms. The number of rotatable bonds is 3. The second-order valence-corrected chi connectivity index (χ2v) is 3.73. The maximum Gasteiger partial charge on any atom is 0.148 e. The zero-order valence-corrected chi connectivity index (χ0v) is 9.28. The van der Waals surface area contributed by atoms with Crippen LogP contribution in [0.5, 0.6) is 0 Å². The summed E-state index contributed by atoms with van der Waals surface area (Å²) in [5, 5.41) is 3.62. The number of nitrogens with one attached hydrogen (secondary N) is 1. The average molecular weight is 235 g/mol. The fourth-order valence-electron chi connectivity index (χ4n) is 1.33. The van der Waals surface area contributed by atoms with E-state index in [1.807, 2.05) is 24.3 Å². The molecule has 2 aromatic rings. The highest BCUT2D eigenvalue weighted by molar-refractivity contribution is 6.32. The summed E-state index contributed by atoms with van der Waals surface area (Å²) in [5.74, 6) is 0.624. The van der Waals surface area contributed by atoms with Gasteiger partial charge in [-0.05, 0) is 17.7 Å². The van der Waals surface area contributed by atoms with Crippen LogP contribution in [0.3, 0.4) is 0 Å². The van der Waals surface area contributed by atoms with Crippen molar-refractivity contribution in [2.45, 2.75) is 6.54 Å². The molecule has 0 aliphatic heterocycles. The largest absolute Gasteiger partial charge is 0.399 e. The van der Waals surface area contributed by atoms with Gasteiger partial charge in [0.05, 0.1) is 6.20 Å². The van der Waals surface area contributed by atoms with E-state index in [1.165, 1.54) is 6.33 Å². The number of nitrogen functional groups attached to an aromatic ring is 1. The first-order valence-corrected chi connectivity index (χ1v) is 5.17. The number of nitrogens with two attached hydrogens (primary N) is 1. The molecular formula is C11H11ClN4. The highest BCUT2D eigenvalue weighted by Crippen LogP contribution is 2.17. The molecule has 0 aliphatic rings. The topological polar surface area (TPSA) is 63.8 Å². The van der Waals surface area contributed by atoms with Crippen molar-refractivity contribution in [3.63, 3.8) is 0 Å². The first kappa shape index (κ1) is 10.7. The molecule has 0 fully saturated rings. The highest BCUT2D eigenvalue weighted by Gasteiger charge is 2.00. The maximum atomic E-state index is 5.91. The first-order chi connectivity index (χ1) is 7.75. The monoisotopic (exact) mass is 234 g/mol. The number of halogens is 1. The van der Waals surface area contributed by atoms with Gasteiger partial charge < -0.3 is 11.1 Å². The smallest absolute Gasteiger partial charge is 0.148 e. The molecule has 0 saturated heterocycles. The molecule has 0 unspecified atom stereocenters. The lowest BCUT2D eigenvalue weighted by Crippen LogP contribution is -2.02. The van der Waals surface area contributed by atoms with E-state index in [4.69, 9.17) is 17.3 Å². The van der Waals surface area contributed by atoms with Gasteiger partial charge in [0.25, 0.3) is 0 Å². The predicted octanol–water partition coefficient (Wildman–Crippen LogP) is 2.32. The van der Waals surface area contributed by atoms with Crippen LogP contribution >= 0.6 is 11.6 Å². The van der Waals surface area contributed by atoms with Crippen LogP contribution in [0.25, 0.3) is 0 Å². The summed E-state index contributed by atoms with van der Waals surface area (Å²) >= 11 is 5.91. The minimum absolute atomic E-state index is 0.506. The Morgan fingerprint density at radius 1 is 1.38 bits per heavy atom. The fourth-order valence-corrected chi connectivity index (χ4v) is 1.50. The molecule has 1 aromatic heterocycles. The number of hydrogen-bond acceptors (Lipinski definition) is 4. The van der Waals surface area contributed by atoms with Crippen molar-refractivity contribution in [1.82, 2.24) is 9.97 Å². The first-order valence-electron chi connectivity index (χ1n) is 4.79. The average Bonchev–Trinajstić information content (AvgIpc) is 2.28. The van der Waals surface area contributed by atoms with Crippen molar-refractivity contribution in [3.05, 3.63) is 47.4 Å². The van der Waals surface area contributed by atoms with Crippen molar-refractivity contribution >= 4 is 23.1 Å². The van der Waals surface area contributed by atoms with Gasteiger partial charge >= 0.3 is 0 Å². The summed E-state index contributed by atoms with van der Waals surface area (Å²) in [6.07, 6.45) is 3.00. The van der Waals surface area contributed by atoms with Crippen LogP contribution in [-0.4, -0.2) is 9.97 Å². The van der Waals surface area contributed by atoms with Crippen molar-refractivity contribution in [1.29, 1.82) is 0 Å². The number of hydrogen-bond donors (Lipinski definition) is 2. The quantitative estimate of drug-likeness (QED) is 0.800. The van der Waals surface area contributed by atoms with Crippen LogP contribution < -0.4 is 11.1 Å². The van der Waals surface area contributed by atoms with Gasteiger partial charge in [-0.2, -0.15) is 0 Å². The normalized spacial score (nSPS) is 10.1. The third-order valence-corrected chi connectivity index (χ3v) is 2.36. The maximum absolute atomic E-state index is 5.91. The Labute approximate surface area is 98.5 Å². The van der Waals surface area contributed by atoms with E-state index in [-0.39, 0.29) is 0 Å². The third kappa shape index (κ3) is 2.61. The van der Waals surface area contributed by atoms with E-state index >= 15 is 0 Å². The summed E-state index contributed by atoms with van der Waals surface area (Å²) < 4.78 is 0. The Morgan fingerprint density at radius 3 is 3.00 bits per heavy atom. The minimum atomic E-state index is 0.506. The Morgan fingerprint density at radius 2 is 2.25 bits per heavy atom. The lowest BCUT2D eigenvalue weighted by molar-refractivity contribution is 1.08. The molecule has 2 rings (SSSR count). The molecule has 0 saturated carbocycles. The zero-order chi connectivity index (χ0) is 11.4. The van der Waals surface area contributed by atoms with E-state index in [2.05, 4.69) is 15.3 Å². The highest BCUT2D eigenvalue weighted by atomic mass is 35.5. The molecule has 5 heteroatoms. The molecule has 0 aliphatic carbocycles. The van der Waals surface area contributed by atoms with E-state index in [0.717, 1.165) is 11.3 Å². The van der Waals surface area contributed by atoms with Crippen LogP contribution in [0.2, 0.25) is 5.02 Å². The summed E-state index contributed by atoms with van der Waals surface area (Å²) in [4.78, 5) is 7.84. The second-order valence-electron chi connectivity index (χ2n) is 3.32. The predicted molar refractivity (Wildman–Crippen MR) is 65.2 cm³/mol. The van der Waals surface area contributed by atoms with Crippen molar-refractivity contribution in [2.24, 2.45) is 0 Å². The molecule has 1 heterocycles. The molecule has 16 heavy (non-hydrogen) atoms. The van der Waals surface area contributed by atoms with Crippen LogP contribution in [-0.2, 0) is 6.54 Å². The van der Waals surface area contributed by atoms with Gasteiger partial charge in [-0.1, -0.05) is 23.7 Å². The van der Waals surface area contributed by atoms with Crippen molar-refractivity contribution in [3.8, 4) is 0 Å². The third-order valence-electron chi connectivity index (χ3n) is 2.08. The summed E-state index contributed by atoms with van der Waals surface area (Å²) in [7, 11) is 0. The van der Waals surface area contributed by atoms with E-state index in [1.54, 1.807) is 6.20 Å². The summed E-state index contributed by atoms with van der Waals surface area (Å²) in [6, 6.07) is 7.65. The number of aromatic nitrogens is 2. The molecule has 0 bridgehead atoms. The van der Waals surface area contributed by atoms with Crippen molar-refractivity contribution in [2.75, 3.05) is 11.1 Å². The van der Waals surface area contributed by atoms with E-state index in [0.29, 0.717) is 17.4 Å². The molecular weight excluding hydrogens is 224 g/mol. The molecule has 3 N–H and O–H groups in total. The zero-order valence-electron chi connectivity index (χ0n) is 8.52. The number of nitrogens with zero attached hydrogens (tertiary/aromatic N) is 2. The number of benzene rings is 1. The van der Waals surface area contributed by atoms with Crippen LogP contribution in [0, 0.1) is 0 Å². The van der Waals surface area contributed by atoms with Crippen LogP contribution in [0.4, 0.5) is 11.5 Å². The van der Waals surface area contributed by atoms with Gasteiger partial charge in [0, 0.05) is 12.2 Å². The second kappa shape index (κ2) is 4.81. The molecule has 4 nitrogen and oxygen atoms in total. The Hall–Kier alpha value is -1.81. The van der Waals surface area contributed by atoms with Crippen LogP contribution in [0.15, 0.2) is 36.8 Å². The summed E-state index contributed by atoms with van der Waals surface area (Å²) in [5.41, 5.74) is 7.50. The Balaban J connectivity index is 2.05. The lowest BCUT2D eigenvalue weighted by atomic mass is 10.2. The van der Waals surface area contributed by atoms with Gasteiger partial charge in [0.2, 0.25) is 0 Å². The molecule has 1 aromatic carbocycles. The standard InChI is InChI=1S/C11H11ClN4/c12-10-6-14-7-16-11(10)15-5-8-2-1-3-9(13)4-8/h1-4,6-7H,5,13H2,(H,14,15,16). The van der Waals surface area contributed by atoms with Gasteiger partial charge in [-0.3, -0.25) is 0 Å². The van der Waals surface area contributed by atoms with Gasteiger partial charge in [-0.15, -0.1) is 0 Å². The lowest BCUT2D eigenvalue weighted by Gasteiger charge is -2.06. The molecule has 0 atom stereocenters. The fraction of sp³-hybridized carbons (Fsp3) is 0.0909. The number of anilines is 2. The van der Waals surface area contributed by atoms with Crippen LogP contribution in [0.1, 0.15) is 5.56 Å². The van der Waals surface area contributed by atoms with Gasteiger partial charge in [-0.25, -0.2) is 9.97 Å². The SMILES string of the molecule is Nc1cccc(CNc2ncncc2Cl)c1. The van der Waals surface area contributed by atoms with Crippen molar-refractivity contribution < 1.29 is 0 Å². The molecule has 0 radical (unpaired) electrons. The Kier molecular flexibility index (Phi) is 3.22. The minimum Gasteiger partial charge on any atom is -0.399 e. The summed E-state index contributed by atoms with van der Waals surface area (Å²) in [6.45, 7) is 0.627. The van der Waals surface area contributed by atoms with E-state index in [9.17, 15) is 0 Å². The Bertz CT molecular complexity index is 487.